The summed E-state index contributed by atoms with van der Waals surface area (Å²) < 4.78 is 5.49. The van der Waals surface area contributed by atoms with Crippen molar-refractivity contribution in [2.75, 3.05) is 19.7 Å². The Morgan fingerprint density at radius 1 is 1.38 bits per heavy atom. The molecular formula is C14H19Cl3N2O2. The van der Waals surface area contributed by atoms with Crippen molar-refractivity contribution in [2.24, 2.45) is 0 Å². The smallest absolute Gasteiger partial charge is 0.260 e. The molecule has 118 valence electrons. The average Bonchev–Trinajstić information content (AvgIpc) is 2.43. The minimum Gasteiger partial charge on any atom is -0.484 e. The summed E-state index contributed by atoms with van der Waals surface area (Å²) in [4.78, 5) is 14.0. The van der Waals surface area contributed by atoms with E-state index in [-0.39, 0.29) is 37.0 Å². The number of nitrogens with one attached hydrogen (secondary N) is 1. The molecule has 1 aromatic rings. The Morgan fingerprint density at radius 2 is 2.10 bits per heavy atom. The van der Waals surface area contributed by atoms with Gasteiger partial charge in [-0.2, -0.15) is 0 Å². The Kier molecular flexibility index (Phi) is 7.07. The molecule has 1 N–H and O–H groups in total. The van der Waals surface area contributed by atoms with Crippen LogP contribution in [0.2, 0.25) is 10.0 Å². The fraction of sp³-hybridized carbons (Fsp3) is 0.500. The molecule has 0 spiro atoms. The standard InChI is InChI=1S/C14H18Cl2N2O2.ClH/c1-9-10(2)18(6-5-17-9)14(19)8-20-11-3-4-12(15)13(16)7-11;/h3-4,7,9-10,17H,5-6,8H2,1-2H3;1H. The summed E-state index contributed by atoms with van der Waals surface area (Å²) in [7, 11) is 0. The quantitative estimate of drug-likeness (QED) is 0.908. The number of benzene rings is 1. The topological polar surface area (TPSA) is 41.6 Å². The van der Waals surface area contributed by atoms with Gasteiger partial charge in [-0.05, 0) is 26.0 Å². The lowest BCUT2D eigenvalue weighted by molar-refractivity contribution is -0.137. The molecule has 1 amide bonds. The molecule has 2 atom stereocenters. The number of ether oxygens (including phenoxy) is 1. The molecule has 2 rings (SSSR count). The van der Waals surface area contributed by atoms with Gasteiger partial charge in [0, 0.05) is 31.2 Å². The van der Waals surface area contributed by atoms with E-state index in [1.807, 2.05) is 11.8 Å². The van der Waals surface area contributed by atoms with Crippen LogP contribution >= 0.6 is 35.6 Å². The van der Waals surface area contributed by atoms with Crippen molar-refractivity contribution in [3.05, 3.63) is 28.2 Å². The van der Waals surface area contributed by atoms with E-state index >= 15 is 0 Å². The third-order valence-electron chi connectivity index (χ3n) is 3.61. The maximum atomic E-state index is 12.2. The normalized spacial score (nSPS) is 21.6. The Morgan fingerprint density at radius 3 is 2.76 bits per heavy atom. The lowest BCUT2D eigenvalue weighted by Gasteiger charge is -2.38. The molecule has 0 saturated carbocycles. The number of piperazine rings is 1. The maximum Gasteiger partial charge on any atom is 0.260 e. The predicted octanol–water partition coefficient (Wildman–Crippen LogP) is 3.00. The zero-order valence-electron chi connectivity index (χ0n) is 11.9. The third-order valence-corrected chi connectivity index (χ3v) is 4.35. The zero-order chi connectivity index (χ0) is 14.7. The van der Waals surface area contributed by atoms with Gasteiger partial charge in [0.2, 0.25) is 0 Å². The van der Waals surface area contributed by atoms with Gasteiger partial charge in [-0.15, -0.1) is 12.4 Å². The number of hydrogen-bond acceptors (Lipinski definition) is 3. The maximum absolute atomic E-state index is 12.2. The van der Waals surface area contributed by atoms with Crippen LogP contribution in [0, 0.1) is 0 Å². The van der Waals surface area contributed by atoms with Crippen LogP contribution in [0.3, 0.4) is 0 Å². The minimum absolute atomic E-state index is 0. The summed E-state index contributed by atoms with van der Waals surface area (Å²) in [6, 6.07) is 5.41. The van der Waals surface area contributed by atoms with Crippen LogP contribution in [0.5, 0.6) is 5.75 Å². The number of halogens is 3. The lowest BCUT2D eigenvalue weighted by atomic mass is 10.1. The summed E-state index contributed by atoms with van der Waals surface area (Å²) in [5, 5.41) is 4.22. The second-order valence-electron chi connectivity index (χ2n) is 4.94. The highest BCUT2D eigenvalue weighted by Gasteiger charge is 2.28. The van der Waals surface area contributed by atoms with Crippen LogP contribution in [-0.2, 0) is 4.79 Å². The van der Waals surface area contributed by atoms with Crippen molar-refractivity contribution < 1.29 is 9.53 Å². The molecule has 1 aromatic carbocycles. The summed E-state index contributed by atoms with van der Waals surface area (Å²) >= 11 is 11.7. The second-order valence-corrected chi connectivity index (χ2v) is 5.75. The molecule has 1 heterocycles. The van der Waals surface area contributed by atoms with E-state index in [4.69, 9.17) is 27.9 Å². The number of hydrogen-bond donors (Lipinski definition) is 1. The molecule has 4 nitrogen and oxygen atoms in total. The van der Waals surface area contributed by atoms with Crippen molar-refractivity contribution in [1.82, 2.24) is 10.2 Å². The molecule has 0 aromatic heterocycles. The minimum atomic E-state index is -0.0167. The van der Waals surface area contributed by atoms with Crippen molar-refractivity contribution >= 4 is 41.5 Å². The predicted molar refractivity (Wildman–Crippen MR) is 87.8 cm³/mol. The Hall–Kier alpha value is -0.680. The molecule has 0 radical (unpaired) electrons. The van der Waals surface area contributed by atoms with E-state index < -0.39 is 0 Å². The Labute approximate surface area is 141 Å². The van der Waals surface area contributed by atoms with Gasteiger partial charge in [0.1, 0.15) is 5.75 Å². The number of rotatable bonds is 3. The van der Waals surface area contributed by atoms with E-state index in [2.05, 4.69) is 12.2 Å². The highest BCUT2D eigenvalue weighted by molar-refractivity contribution is 6.42. The van der Waals surface area contributed by atoms with Gasteiger partial charge < -0.3 is 15.0 Å². The van der Waals surface area contributed by atoms with E-state index in [0.717, 1.165) is 6.54 Å². The van der Waals surface area contributed by atoms with Crippen LogP contribution in [0.15, 0.2) is 18.2 Å². The van der Waals surface area contributed by atoms with Gasteiger partial charge in [0.05, 0.1) is 10.0 Å². The molecule has 7 heteroatoms. The lowest BCUT2D eigenvalue weighted by Crippen LogP contribution is -2.58. The number of carbonyl (C=O) groups excluding carboxylic acids is 1. The van der Waals surface area contributed by atoms with Crippen LogP contribution in [0.25, 0.3) is 0 Å². The van der Waals surface area contributed by atoms with E-state index in [1.165, 1.54) is 0 Å². The number of carbonyl (C=O) groups is 1. The monoisotopic (exact) mass is 352 g/mol. The summed E-state index contributed by atoms with van der Waals surface area (Å²) in [6.07, 6.45) is 0. The van der Waals surface area contributed by atoms with Crippen LogP contribution in [-0.4, -0.2) is 42.6 Å². The Bertz CT molecular complexity index is 499. The average molecular weight is 354 g/mol. The second kappa shape index (κ2) is 8.08. The first kappa shape index (κ1) is 18.4. The van der Waals surface area contributed by atoms with Crippen molar-refractivity contribution in [3.8, 4) is 5.75 Å². The first-order valence-electron chi connectivity index (χ1n) is 6.59. The number of nitrogens with zero attached hydrogens (tertiary/aromatic N) is 1. The Balaban J connectivity index is 0.00000220. The summed E-state index contributed by atoms with van der Waals surface area (Å²) in [5.74, 6) is 0.528. The first-order valence-corrected chi connectivity index (χ1v) is 7.35. The largest absolute Gasteiger partial charge is 0.484 e. The third kappa shape index (κ3) is 4.65. The van der Waals surface area contributed by atoms with Crippen LogP contribution < -0.4 is 10.1 Å². The molecule has 1 aliphatic rings. The highest BCUT2D eigenvalue weighted by Crippen LogP contribution is 2.26. The van der Waals surface area contributed by atoms with Crippen LogP contribution in [0.1, 0.15) is 13.8 Å². The molecule has 1 aliphatic heterocycles. The van der Waals surface area contributed by atoms with Gasteiger partial charge in [-0.1, -0.05) is 23.2 Å². The van der Waals surface area contributed by atoms with Gasteiger partial charge in [0.15, 0.2) is 6.61 Å². The highest BCUT2D eigenvalue weighted by atomic mass is 35.5. The van der Waals surface area contributed by atoms with E-state index in [9.17, 15) is 4.79 Å². The summed E-state index contributed by atoms with van der Waals surface area (Å²) in [5.41, 5.74) is 0. The number of amides is 1. The molecule has 0 aliphatic carbocycles. The molecule has 1 saturated heterocycles. The van der Waals surface area contributed by atoms with Gasteiger partial charge in [0.25, 0.3) is 5.91 Å². The fourth-order valence-corrected chi connectivity index (χ4v) is 2.49. The van der Waals surface area contributed by atoms with Gasteiger partial charge >= 0.3 is 0 Å². The first-order chi connectivity index (χ1) is 9.49. The molecule has 2 unspecified atom stereocenters. The summed E-state index contributed by atoms with van der Waals surface area (Å²) in [6.45, 7) is 5.63. The van der Waals surface area contributed by atoms with Gasteiger partial charge in [-0.25, -0.2) is 0 Å². The van der Waals surface area contributed by atoms with E-state index in [0.29, 0.717) is 22.3 Å². The van der Waals surface area contributed by atoms with Gasteiger partial charge in [-0.3, -0.25) is 4.79 Å². The molecule has 0 bridgehead atoms. The SMILES string of the molecule is CC1NCCN(C(=O)COc2ccc(Cl)c(Cl)c2)C1C.Cl. The zero-order valence-corrected chi connectivity index (χ0v) is 14.3. The van der Waals surface area contributed by atoms with Crippen molar-refractivity contribution in [3.63, 3.8) is 0 Å². The molecule has 21 heavy (non-hydrogen) atoms. The molecule has 1 fully saturated rings. The van der Waals surface area contributed by atoms with Crippen molar-refractivity contribution in [1.29, 1.82) is 0 Å². The molecular weight excluding hydrogens is 335 g/mol. The van der Waals surface area contributed by atoms with E-state index in [1.54, 1.807) is 18.2 Å². The van der Waals surface area contributed by atoms with Crippen LogP contribution in [0.4, 0.5) is 0 Å². The fourth-order valence-electron chi connectivity index (χ4n) is 2.20. The van der Waals surface area contributed by atoms with Crippen molar-refractivity contribution in [2.45, 2.75) is 25.9 Å².